The third-order valence-corrected chi connectivity index (χ3v) is 5.03. The molecule has 3 aromatic carbocycles. The average molecular weight is 421 g/mol. The Bertz CT molecular complexity index is 868. The van der Waals surface area contributed by atoms with Crippen LogP contribution in [0, 0.1) is 13.8 Å². The van der Waals surface area contributed by atoms with Gasteiger partial charge in [0.1, 0.15) is 0 Å². The largest absolute Gasteiger partial charge is 0.343 e. The molecule has 3 aromatic rings. The second kappa shape index (κ2) is 15.2. The third-order valence-electron chi connectivity index (χ3n) is 5.03. The van der Waals surface area contributed by atoms with E-state index in [9.17, 15) is 4.79 Å². The SMILES string of the molecule is CC(=O)N1CCCC1.CCN(C)C.Cc1ccc2ccccc2c1.Cc1ccccc1. The topological polar surface area (TPSA) is 23.6 Å². The zero-order valence-corrected chi connectivity index (χ0v) is 20.3. The maximum atomic E-state index is 10.6. The van der Waals surface area contributed by atoms with Crippen LogP contribution in [0.1, 0.15) is 37.8 Å². The highest BCUT2D eigenvalue weighted by molar-refractivity contribution is 5.82. The van der Waals surface area contributed by atoms with Gasteiger partial charge in [-0.3, -0.25) is 4.79 Å². The Morgan fingerprint density at radius 1 is 0.806 bits per heavy atom. The van der Waals surface area contributed by atoms with Gasteiger partial charge in [0.25, 0.3) is 0 Å². The number of nitrogens with zero attached hydrogens (tertiary/aromatic N) is 2. The van der Waals surface area contributed by atoms with Crippen molar-refractivity contribution in [2.45, 2.75) is 40.5 Å². The molecule has 1 aliphatic rings. The molecule has 0 saturated carbocycles. The van der Waals surface area contributed by atoms with Gasteiger partial charge in [-0.2, -0.15) is 0 Å². The highest BCUT2D eigenvalue weighted by Crippen LogP contribution is 2.14. The molecule has 0 N–H and O–H groups in total. The van der Waals surface area contributed by atoms with Crippen LogP contribution in [0.5, 0.6) is 0 Å². The van der Waals surface area contributed by atoms with E-state index in [1.165, 1.54) is 34.7 Å². The third kappa shape index (κ3) is 12.0. The molecule has 1 aliphatic heterocycles. The first-order chi connectivity index (χ1) is 14.8. The minimum Gasteiger partial charge on any atom is -0.343 e. The number of fused-ring (bicyclic) bond motifs is 1. The summed E-state index contributed by atoms with van der Waals surface area (Å²) in [7, 11) is 4.11. The summed E-state index contributed by atoms with van der Waals surface area (Å²) in [5.41, 5.74) is 2.64. The van der Waals surface area contributed by atoms with Gasteiger partial charge in [-0.1, -0.05) is 90.8 Å². The summed E-state index contributed by atoms with van der Waals surface area (Å²) in [6.07, 6.45) is 2.39. The number of rotatable bonds is 1. The van der Waals surface area contributed by atoms with Crippen LogP contribution in [0.2, 0.25) is 0 Å². The highest BCUT2D eigenvalue weighted by Gasteiger charge is 2.12. The van der Waals surface area contributed by atoms with Crippen molar-refractivity contribution in [1.82, 2.24) is 9.80 Å². The molecule has 1 heterocycles. The van der Waals surface area contributed by atoms with E-state index >= 15 is 0 Å². The van der Waals surface area contributed by atoms with Crippen LogP contribution >= 0.6 is 0 Å². The van der Waals surface area contributed by atoms with Gasteiger partial charge < -0.3 is 9.80 Å². The normalized spacial score (nSPS) is 12.2. The minimum absolute atomic E-state index is 0.225. The zero-order chi connectivity index (χ0) is 23.1. The maximum absolute atomic E-state index is 10.6. The molecule has 1 fully saturated rings. The van der Waals surface area contributed by atoms with E-state index in [1.807, 2.05) is 23.1 Å². The summed E-state index contributed by atoms with van der Waals surface area (Å²) in [4.78, 5) is 14.6. The monoisotopic (exact) mass is 420 g/mol. The first-order valence-corrected chi connectivity index (χ1v) is 11.2. The smallest absolute Gasteiger partial charge is 0.219 e. The molecular formula is C28H40N2O. The first kappa shape index (κ1) is 26.4. The fourth-order valence-corrected chi connectivity index (χ4v) is 2.88. The van der Waals surface area contributed by atoms with Gasteiger partial charge in [0, 0.05) is 20.0 Å². The van der Waals surface area contributed by atoms with Crippen LogP contribution in [-0.2, 0) is 4.79 Å². The second-order valence-electron chi connectivity index (χ2n) is 8.11. The standard InChI is InChI=1S/C11H10.C7H8.C6H11NO.C4H11N/c1-9-6-7-10-4-2-3-5-11(10)8-9;1-7-5-3-2-4-6-7;1-6(8)7-4-2-3-5-7;1-4-5(2)3/h2-8H,1H3;2-6H,1H3;2-5H2,1H3;4H2,1-3H3. The molecule has 0 bridgehead atoms. The molecule has 4 rings (SSSR count). The number of amides is 1. The van der Waals surface area contributed by atoms with Gasteiger partial charge >= 0.3 is 0 Å². The van der Waals surface area contributed by atoms with E-state index < -0.39 is 0 Å². The van der Waals surface area contributed by atoms with Crippen molar-refractivity contribution >= 4 is 16.7 Å². The van der Waals surface area contributed by atoms with E-state index in [4.69, 9.17) is 0 Å². The molecule has 168 valence electrons. The quantitative estimate of drug-likeness (QED) is 0.458. The number of benzene rings is 3. The van der Waals surface area contributed by atoms with Gasteiger partial charge in [0.2, 0.25) is 5.91 Å². The fraction of sp³-hybridized carbons (Fsp3) is 0.393. The van der Waals surface area contributed by atoms with Crippen LogP contribution < -0.4 is 0 Å². The van der Waals surface area contributed by atoms with E-state index in [1.54, 1.807) is 6.92 Å². The van der Waals surface area contributed by atoms with Crippen LogP contribution in [-0.4, -0.2) is 49.4 Å². The van der Waals surface area contributed by atoms with Crippen LogP contribution in [0.3, 0.4) is 0 Å². The van der Waals surface area contributed by atoms with Crippen molar-refractivity contribution in [3.8, 4) is 0 Å². The van der Waals surface area contributed by atoms with Crippen molar-refractivity contribution in [3.05, 3.63) is 83.9 Å². The van der Waals surface area contributed by atoms with Crippen molar-refractivity contribution in [2.75, 3.05) is 33.7 Å². The van der Waals surface area contributed by atoms with Crippen molar-refractivity contribution in [3.63, 3.8) is 0 Å². The summed E-state index contributed by atoms with van der Waals surface area (Å²) < 4.78 is 0. The Labute approximate surface area is 189 Å². The first-order valence-electron chi connectivity index (χ1n) is 11.2. The highest BCUT2D eigenvalue weighted by atomic mass is 16.2. The summed E-state index contributed by atoms with van der Waals surface area (Å²) in [6.45, 7) is 11.1. The van der Waals surface area contributed by atoms with Crippen molar-refractivity contribution in [1.29, 1.82) is 0 Å². The number of hydrogen-bond donors (Lipinski definition) is 0. The Balaban J connectivity index is 0.000000216. The fourth-order valence-electron chi connectivity index (χ4n) is 2.88. The molecular weight excluding hydrogens is 380 g/mol. The van der Waals surface area contributed by atoms with Gasteiger partial charge in [-0.25, -0.2) is 0 Å². The Hall–Kier alpha value is -2.65. The molecule has 0 aromatic heterocycles. The summed E-state index contributed by atoms with van der Waals surface area (Å²) >= 11 is 0. The summed E-state index contributed by atoms with van der Waals surface area (Å²) in [5, 5.41) is 2.64. The molecule has 3 nitrogen and oxygen atoms in total. The molecule has 31 heavy (non-hydrogen) atoms. The lowest BCUT2D eigenvalue weighted by atomic mass is 10.1. The number of carbonyl (C=O) groups excluding carboxylic acids is 1. The molecule has 1 amide bonds. The van der Waals surface area contributed by atoms with Gasteiger partial charge in [0.05, 0.1) is 0 Å². The molecule has 0 atom stereocenters. The van der Waals surface area contributed by atoms with Gasteiger partial charge in [0.15, 0.2) is 0 Å². The number of aryl methyl sites for hydroxylation is 2. The molecule has 0 spiro atoms. The predicted molar refractivity (Wildman–Crippen MR) is 136 cm³/mol. The summed E-state index contributed by atoms with van der Waals surface area (Å²) in [5.74, 6) is 0.225. The van der Waals surface area contributed by atoms with Crippen LogP contribution in [0.25, 0.3) is 10.8 Å². The van der Waals surface area contributed by atoms with Crippen molar-refractivity contribution < 1.29 is 4.79 Å². The Kier molecular flexibility index (Phi) is 12.9. The number of likely N-dealkylation sites (tertiary alicyclic amines) is 1. The lowest BCUT2D eigenvalue weighted by Crippen LogP contribution is -2.24. The molecule has 1 saturated heterocycles. The van der Waals surface area contributed by atoms with E-state index in [2.05, 4.69) is 94.4 Å². The number of hydrogen-bond acceptors (Lipinski definition) is 2. The second-order valence-corrected chi connectivity index (χ2v) is 8.11. The zero-order valence-electron chi connectivity index (χ0n) is 20.3. The van der Waals surface area contributed by atoms with E-state index in [0.29, 0.717) is 0 Å². The molecule has 3 heteroatoms. The Morgan fingerprint density at radius 3 is 1.74 bits per heavy atom. The van der Waals surface area contributed by atoms with Crippen molar-refractivity contribution in [2.24, 2.45) is 0 Å². The van der Waals surface area contributed by atoms with Crippen LogP contribution in [0.15, 0.2) is 72.8 Å². The lowest BCUT2D eigenvalue weighted by Gasteiger charge is -2.10. The average Bonchev–Trinajstić information content (AvgIpc) is 3.31. The van der Waals surface area contributed by atoms with Gasteiger partial charge in [-0.05, 0) is 58.1 Å². The van der Waals surface area contributed by atoms with E-state index in [-0.39, 0.29) is 5.91 Å². The molecule has 0 aliphatic carbocycles. The predicted octanol–water partition coefficient (Wildman–Crippen LogP) is 6.34. The van der Waals surface area contributed by atoms with Crippen LogP contribution in [0.4, 0.5) is 0 Å². The molecule has 0 unspecified atom stereocenters. The Morgan fingerprint density at radius 2 is 1.32 bits per heavy atom. The summed E-state index contributed by atoms with van der Waals surface area (Å²) in [6, 6.07) is 25.2. The minimum atomic E-state index is 0.225. The maximum Gasteiger partial charge on any atom is 0.219 e. The van der Waals surface area contributed by atoms with E-state index in [0.717, 1.165) is 19.6 Å². The number of carbonyl (C=O) groups is 1. The lowest BCUT2D eigenvalue weighted by molar-refractivity contribution is -0.127. The molecule has 0 radical (unpaired) electrons. The van der Waals surface area contributed by atoms with Gasteiger partial charge in [-0.15, -0.1) is 0 Å².